The molecule has 1 spiro atoms. The lowest BCUT2D eigenvalue weighted by molar-refractivity contribution is -0.138. The number of hydrogen-bond donors (Lipinski definition) is 0. The van der Waals surface area contributed by atoms with E-state index in [1.807, 2.05) is 53.1 Å². The smallest absolute Gasteiger partial charge is 0.254 e. The number of methoxy groups -OCH3 is 1. The molecule has 2 aromatic carbocycles. The molecule has 3 atom stereocenters. The van der Waals surface area contributed by atoms with Crippen LogP contribution in [0.5, 0.6) is 5.75 Å². The molecule has 0 saturated carbocycles. The fourth-order valence-corrected chi connectivity index (χ4v) is 5.17. The minimum absolute atomic E-state index is 0.0477. The number of amides is 2. The van der Waals surface area contributed by atoms with Crippen LogP contribution in [0.3, 0.4) is 0 Å². The topological polar surface area (TPSA) is 59.1 Å². The first-order chi connectivity index (χ1) is 14.0. The molecular formula is C23H24N2O4. The van der Waals surface area contributed by atoms with Crippen molar-refractivity contribution in [3.05, 3.63) is 65.2 Å². The van der Waals surface area contributed by atoms with E-state index in [1.165, 1.54) is 0 Å². The molecule has 3 aliphatic rings. The van der Waals surface area contributed by atoms with Crippen LogP contribution in [0.1, 0.15) is 40.4 Å². The first kappa shape index (κ1) is 18.2. The molecule has 3 aliphatic heterocycles. The van der Waals surface area contributed by atoms with Gasteiger partial charge in [-0.25, -0.2) is 0 Å². The van der Waals surface area contributed by atoms with Crippen molar-refractivity contribution in [2.45, 2.75) is 37.6 Å². The third kappa shape index (κ3) is 2.59. The molecular weight excluding hydrogens is 368 g/mol. The van der Waals surface area contributed by atoms with Gasteiger partial charge in [0.15, 0.2) is 5.72 Å². The summed E-state index contributed by atoms with van der Waals surface area (Å²) in [5.41, 5.74) is 1.89. The van der Waals surface area contributed by atoms with Gasteiger partial charge in [0, 0.05) is 18.5 Å². The van der Waals surface area contributed by atoms with Gasteiger partial charge in [-0.15, -0.1) is 0 Å². The highest BCUT2D eigenvalue weighted by molar-refractivity contribution is 5.97. The number of carbonyl (C=O) groups is 2. The van der Waals surface area contributed by atoms with E-state index < -0.39 is 5.72 Å². The Morgan fingerprint density at radius 2 is 2.00 bits per heavy atom. The second kappa shape index (κ2) is 6.59. The van der Waals surface area contributed by atoms with E-state index in [-0.39, 0.29) is 23.9 Å². The number of hydrogen-bond acceptors (Lipinski definition) is 4. The van der Waals surface area contributed by atoms with E-state index in [0.717, 1.165) is 16.9 Å². The van der Waals surface area contributed by atoms with Crippen LogP contribution < -0.4 is 4.74 Å². The van der Waals surface area contributed by atoms with Gasteiger partial charge in [-0.3, -0.25) is 9.59 Å². The summed E-state index contributed by atoms with van der Waals surface area (Å²) in [7, 11) is 1.61. The molecule has 5 rings (SSSR count). The van der Waals surface area contributed by atoms with Gasteiger partial charge >= 0.3 is 0 Å². The second-order valence-electron chi connectivity index (χ2n) is 8.00. The van der Waals surface area contributed by atoms with E-state index in [0.29, 0.717) is 31.6 Å². The minimum atomic E-state index is -0.701. The number of ether oxygens (including phenoxy) is 2. The van der Waals surface area contributed by atoms with E-state index in [1.54, 1.807) is 19.2 Å². The maximum Gasteiger partial charge on any atom is 0.254 e. The quantitative estimate of drug-likeness (QED) is 0.806. The summed E-state index contributed by atoms with van der Waals surface area (Å²) in [6.45, 7) is 2.96. The first-order valence-electron chi connectivity index (χ1n) is 10.0. The molecule has 0 unspecified atom stereocenters. The van der Waals surface area contributed by atoms with Gasteiger partial charge in [0.25, 0.3) is 5.91 Å². The fourth-order valence-electron chi connectivity index (χ4n) is 5.17. The second-order valence-corrected chi connectivity index (χ2v) is 8.00. The summed E-state index contributed by atoms with van der Waals surface area (Å²) < 4.78 is 11.6. The summed E-state index contributed by atoms with van der Waals surface area (Å²) in [6, 6.07) is 15.1. The molecule has 3 saturated heterocycles. The Bertz CT molecular complexity index is 976. The highest BCUT2D eigenvalue weighted by Crippen LogP contribution is 2.51. The van der Waals surface area contributed by atoms with Crippen LogP contribution in [0.25, 0.3) is 0 Å². The third-order valence-electron chi connectivity index (χ3n) is 6.56. The van der Waals surface area contributed by atoms with Gasteiger partial charge in [-0.1, -0.05) is 30.3 Å². The van der Waals surface area contributed by atoms with E-state index in [4.69, 9.17) is 9.47 Å². The summed E-state index contributed by atoms with van der Waals surface area (Å²) in [6.07, 6.45) is 0.956. The lowest BCUT2D eigenvalue weighted by atomic mass is 10.0. The predicted molar refractivity (Wildman–Crippen MR) is 107 cm³/mol. The average Bonchev–Trinajstić information content (AvgIpc) is 3.37. The normalized spacial score (nSPS) is 27.9. The number of benzene rings is 2. The van der Waals surface area contributed by atoms with Crippen LogP contribution in [0.2, 0.25) is 0 Å². The number of rotatable bonds is 3. The van der Waals surface area contributed by atoms with Crippen LogP contribution in [-0.2, 0) is 9.53 Å². The molecule has 0 aliphatic carbocycles. The molecule has 6 nitrogen and oxygen atoms in total. The summed E-state index contributed by atoms with van der Waals surface area (Å²) in [5, 5.41) is 0. The van der Waals surface area contributed by atoms with Crippen molar-refractivity contribution in [1.29, 1.82) is 0 Å². The molecule has 6 heteroatoms. The number of aryl methyl sites for hydroxylation is 1. The van der Waals surface area contributed by atoms with Crippen molar-refractivity contribution in [3.8, 4) is 5.75 Å². The summed E-state index contributed by atoms with van der Waals surface area (Å²) in [5.74, 6) is 0.739. The molecule has 0 radical (unpaired) electrons. The lowest BCUT2D eigenvalue weighted by Gasteiger charge is -2.33. The zero-order valence-electron chi connectivity index (χ0n) is 16.6. The van der Waals surface area contributed by atoms with Gasteiger partial charge in [0.2, 0.25) is 5.91 Å². The molecule has 3 fully saturated rings. The Morgan fingerprint density at radius 3 is 2.72 bits per heavy atom. The Hall–Kier alpha value is -2.86. The zero-order chi connectivity index (χ0) is 20.2. The van der Waals surface area contributed by atoms with E-state index in [2.05, 4.69) is 0 Å². The molecule has 0 N–H and O–H groups in total. The number of nitrogens with zero attached hydrogens (tertiary/aromatic N) is 2. The van der Waals surface area contributed by atoms with Crippen molar-refractivity contribution in [2.75, 3.05) is 20.3 Å². The lowest BCUT2D eigenvalue weighted by Crippen LogP contribution is -2.49. The van der Waals surface area contributed by atoms with Crippen LogP contribution in [0.15, 0.2) is 48.5 Å². The van der Waals surface area contributed by atoms with Crippen LogP contribution >= 0.6 is 0 Å². The standard InChI is InChI=1S/C23H24N2O4/c1-15-12-17(28-2)8-9-18(15)22(27)24-11-10-23-20(24)13-21(26)25(23)19(14-29-23)16-6-4-3-5-7-16/h3-9,12,19-20H,10-11,13-14H2,1-2H3/t19-,20+,23-/m0/s1. The molecule has 29 heavy (non-hydrogen) atoms. The average molecular weight is 392 g/mol. The zero-order valence-corrected chi connectivity index (χ0v) is 16.6. The van der Waals surface area contributed by atoms with Gasteiger partial charge in [0.05, 0.1) is 32.2 Å². The summed E-state index contributed by atoms with van der Waals surface area (Å²) >= 11 is 0. The van der Waals surface area contributed by atoms with Crippen LogP contribution in [-0.4, -0.2) is 53.6 Å². The van der Waals surface area contributed by atoms with Crippen LogP contribution in [0, 0.1) is 6.92 Å². The third-order valence-corrected chi connectivity index (χ3v) is 6.56. The Labute approximate surface area is 170 Å². The molecule has 0 bridgehead atoms. The number of likely N-dealkylation sites (tertiary alicyclic amines) is 1. The molecule has 3 heterocycles. The predicted octanol–water partition coefficient (Wildman–Crippen LogP) is 2.92. The van der Waals surface area contributed by atoms with Gasteiger partial charge in [-0.05, 0) is 36.2 Å². The van der Waals surface area contributed by atoms with Crippen molar-refractivity contribution >= 4 is 11.8 Å². The fraction of sp³-hybridized carbons (Fsp3) is 0.391. The SMILES string of the molecule is COc1ccc(C(=O)N2CC[C@@]34OC[C@@H](c5ccccc5)N3C(=O)C[C@@H]24)c(C)c1. The summed E-state index contributed by atoms with van der Waals surface area (Å²) in [4.78, 5) is 30.1. The van der Waals surface area contributed by atoms with E-state index in [9.17, 15) is 9.59 Å². The van der Waals surface area contributed by atoms with Gasteiger partial charge in [0.1, 0.15) is 5.75 Å². The number of carbonyl (C=O) groups excluding carboxylic acids is 2. The van der Waals surface area contributed by atoms with Crippen molar-refractivity contribution in [1.82, 2.24) is 9.80 Å². The Kier molecular flexibility index (Phi) is 4.13. The largest absolute Gasteiger partial charge is 0.497 e. The molecule has 150 valence electrons. The Balaban J connectivity index is 1.45. The monoisotopic (exact) mass is 392 g/mol. The Morgan fingerprint density at radius 1 is 1.21 bits per heavy atom. The van der Waals surface area contributed by atoms with Crippen LogP contribution in [0.4, 0.5) is 0 Å². The van der Waals surface area contributed by atoms with Crippen molar-refractivity contribution in [3.63, 3.8) is 0 Å². The molecule has 2 amide bonds. The van der Waals surface area contributed by atoms with Gasteiger partial charge in [-0.2, -0.15) is 0 Å². The maximum atomic E-state index is 13.4. The van der Waals surface area contributed by atoms with Crippen molar-refractivity contribution < 1.29 is 19.1 Å². The molecule has 2 aromatic rings. The van der Waals surface area contributed by atoms with Gasteiger partial charge < -0.3 is 19.3 Å². The first-order valence-corrected chi connectivity index (χ1v) is 10.0. The minimum Gasteiger partial charge on any atom is -0.497 e. The highest BCUT2D eigenvalue weighted by Gasteiger charge is 2.65. The highest BCUT2D eigenvalue weighted by atomic mass is 16.5. The van der Waals surface area contributed by atoms with Crippen molar-refractivity contribution in [2.24, 2.45) is 0 Å². The molecule has 0 aromatic heterocycles. The van der Waals surface area contributed by atoms with E-state index >= 15 is 0 Å². The maximum absolute atomic E-state index is 13.4.